The topological polar surface area (TPSA) is 29.5 Å². The fourth-order valence-corrected chi connectivity index (χ4v) is 2.15. The molecule has 0 bridgehead atoms. The smallest absolute Gasteiger partial charge is 0.163 e. The molecular formula is C18H21NO2. The second-order valence-corrected chi connectivity index (χ2v) is 5.22. The summed E-state index contributed by atoms with van der Waals surface area (Å²) in [6, 6.07) is 15.6. The second kappa shape index (κ2) is 6.93. The van der Waals surface area contributed by atoms with Crippen molar-refractivity contribution in [1.82, 2.24) is 0 Å². The van der Waals surface area contributed by atoms with Gasteiger partial charge in [-0.25, -0.2) is 0 Å². The van der Waals surface area contributed by atoms with Crippen LogP contribution in [0.4, 0.5) is 5.69 Å². The van der Waals surface area contributed by atoms with Gasteiger partial charge < -0.3 is 9.64 Å². The first-order valence-electron chi connectivity index (χ1n) is 7.03. The fourth-order valence-electron chi connectivity index (χ4n) is 2.15. The number of aryl methyl sites for hydroxylation is 1. The van der Waals surface area contributed by atoms with Crippen LogP contribution < -0.4 is 9.64 Å². The van der Waals surface area contributed by atoms with Gasteiger partial charge in [0.1, 0.15) is 5.75 Å². The minimum atomic E-state index is 0.175. The maximum Gasteiger partial charge on any atom is 0.163 e. The van der Waals surface area contributed by atoms with Gasteiger partial charge in [0.2, 0.25) is 0 Å². The number of carbonyl (C=O) groups excluding carboxylic acids is 1. The van der Waals surface area contributed by atoms with Crippen molar-refractivity contribution in [2.45, 2.75) is 12.8 Å². The zero-order chi connectivity index (χ0) is 15.2. The van der Waals surface area contributed by atoms with E-state index < -0.39 is 0 Å². The molecule has 0 amide bonds. The van der Waals surface area contributed by atoms with E-state index in [-0.39, 0.29) is 5.78 Å². The van der Waals surface area contributed by atoms with Crippen LogP contribution in [0.5, 0.6) is 5.75 Å². The lowest BCUT2D eigenvalue weighted by Gasteiger charge is -2.13. The number of ether oxygens (including phenoxy) is 1. The summed E-state index contributed by atoms with van der Waals surface area (Å²) in [5.41, 5.74) is 2.97. The summed E-state index contributed by atoms with van der Waals surface area (Å²) in [7, 11) is 5.60. The first kappa shape index (κ1) is 15.1. The molecule has 0 heterocycles. The minimum absolute atomic E-state index is 0.175. The average Bonchev–Trinajstić information content (AvgIpc) is 2.53. The van der Waals surface area contributed by atoms with Crippen LogP contribution in [0, 0.1) is 0 Å². The Kier molecular flexibility index (Phi) is 4.99. The lowest BCUT2D eigenvalue weighted by atomic mass is 10.0. The summed E-state index contributed by atoms with van der Waals surface area (Å²) in [6.07, 6.45) is 1.26. The van der Waals surface area contributed by atoms with E-state index in [0.717, 1.165) is 29.0 Å². The Morgan fingerprint density at radius 3 is 2.43 bits per heavy atom. The van der Waals surface area contributed by atoms with Crippen molar-refractivity contribution in [3.63, 3.8) is 0 Å². The molecule has 3 heteroatoms. The van der Waals surface area contributed by atoms with Gasteiger partial charge in [-0.2, -0.15) is 0 Å². The molecule has 0 aliphatic rings. The summed E-state index contributed by atoms with van der Waals surface area (Å²) in [6.45, 7) is 0. The molecule has 3 nitrogen and oxygen atoms in total. The van der Waals surface area contributed by atoms with Crippen LogP contribution in [0.2, 0.25) is 0 Å². The van der Waals surface area contributed by atoms with Crippen molar-refractivity contribution in [1.29, 1.82) is 0 Å². The highest BCUT2D eigenvalue weighted by molar-refractivity contribution is 5.97. The van der Waals surface area contributed by atoms with E-state index in [1.54, 1.807) is 7.11 Å². The van der Waals surface area contributed by atoms with Gasteiger partial charge in [0.25, 0.3) is 0 Å². The van der Waals surface area contributed by atoms with Crippen LogP contribution in [-0.2, 0) is 6.42 Å². The predicted molar refractivity (Wildman–Crippen MR) is 86.4 cm³/mol. The number of hydrogen-bond donors (Lipinski definition) is 0. The fraction of sp³-hybridized carbons (Fsp3) is 0.278. The molecular weight excluding hydrogens is 262 g/mol. The third kappa shape index (κ3) is 4.09. The van der Waals surface area contributed by atoms with Gasteiger partial charge in [-0.3, -0.25) is 4.79 Å². The molecule has 0 aliphatic carbocycles. The van der Waals surface area contributed by atoms with Gasteiger partial charge in [0, 0.05) is 31.8 Å². The molecule has 0 atom stereocenters. The lowest BCUT2D eigenvalue weighted by molar-refractivity contribution is 0.0983. The van der Waals surface area contributed by atoms with Crippen molar-refractivity contribution in [2.24, 2.45) is 0 Å². The number of methoxy groups -OCH3 is 1. The molecule has 0 fully saturated rings. The minimum Gasteiger partial charge on any atom is -0.497 e. The molecule has 0 saturated heterocycles. The molecule has 0 aliphatic heterocycles. The number of rotatable bonds is 6. The van der Waals surface area contributed by atoms with Crippen LogP contribution in [0.3, 0.4) is 0 Å². The summed E-state index contributed by atoms with van der Waals surface area (Å²) >= 11 is 0. The Labute approximate surface area is 126 Å². The molecule has 0 saturated carbocycles. The van der Waals surface area contributed by atoms with Crippen molar-refractivity contribution >= 4 is 11.5 Å². The first-order valence-corrected chi connectivity index (χ1v) is 7.03. The predicted octanol–water partition coefficient (Wildman–Crippen LogP) is 3.58. The molecule has 21 heavy (non-hydrogen) atoms. The van der Waals surface area contributed by atoms with E-state index in [1.165, 1.54) is 0 Å². The van der Waals surface area contributed by atoms with Gasteiger partial charge in [-0.1, -0.05) is 24.3 Å². The van der Waals surface area contributed by atoms with Crippen LogP contribution in [0.1, 0.15) is 22.3 Å². The molecule has 0 unspecified atom stereocenters. The monoisotopic (exact) mass is 283 g/mol. The first-order chi connectivity index (χ1) is 10.1. The van der Waals surface area contributed by atoms with E-state index in [2.05, 4.69) is 0 Å². The maximum atomic E-state index is 12.3. The Morgan fingerprint density at radius 2 is 1.81 bits per heavy atom. The Balaban J connectivity index is 1.99. The third-order valence-electron chi connectivity index (χ3n) is 3.48. The van der Waals surface area contributed by atoms with Crippen molar-refractivity contribution < 1.29 is 9.53 Å². The zero-order valence-corrected chi connectivity index (χ0v) is 12.8. The van der Waals surface area contributed by atoms with Gasteiger partial charge in [0.15, 0.2) is 5.78 Å². The van der Waals surface area contributed by atoms with Gasteiger partial charge in [-0.15, -0.1) is 0 Å². The highest BCUT2D eigenvalue weighted by atomic mass is 16.5. The van der Waals surface area contributed by atoms with Crippen LogP contribution in [-0.4, -0.2) is 27.0 Å². The van der Waals surface area contributed by atoms with Crippen LogP contribution in [0.25, 0.3) is 0 Å². The normalized spacial score (nSPS) is 10.2. The third-order valence-corrected chi connectivity index (χ3v) is 3.48. The number of ketones is 1. The maximum absolute atomic E-state index is 12.3. The van der Waals surface area contributed by atoms with E-state index in [0.29, 0.717) is 6.42 Å². The number of anilines is 1. The standard InChI is InChI=1S/C18H21NO2/c1-19(2)16-6-4-5-15(13-16)18(20)12-9-14-7-10-17(21-3)11-8-14/h4-8,10-11,13H,9,12H2,1-3H3. The molecule has 2 rings (SSSR count). The van der Waals surface area contributed by atoms with E-state index >= 15 is 0 Å². The van der Waals surface area contributed by atoms with Crippen molar-refractivity contribution in [3.05, 3.63) is 59.7 Å². The Hall–Kier alpha value is -2.29. The quantitative estimate of drug-likeness (QED) is 0.759. The number of carbonyl (C=O) groups is 1. The SMILES string of the molecule is COc1ccc(CCC(=O)c2cccc(N(C)C)c2)cc1. The molecule has 0 N–H and O–H groups in total. The highest BCUT2D eigenvalue weighted by Crippen LogP contribution is 2.17. The number of nitrogens with zero attached hydrogens (tertiary/aromatic N) is 1. The molecule has 0 spiro atoms. The second-order valence-electron chi connectivity index (χ2n) is 5.22. The van der Waals surface area contributed by atoms with Crippen molar-refractivity contribution in [3.8, 4) is 5.75 Å². The van der Waals surface area contributed by atoms with E-state index in [9.17, 15) is 4.79 Å². The number of benzene rings is 2. The average molecular weight is 283 g/mol. The highest BCUT2D eigenvalue weighted by Gasteiger charge is 2.07. The lowest BCUT2D eigenvalue weighted by Crippen LogP contribution is -2.10. The molecule has 110 valence electrons. The van der Waals surface area contributed by atoms with Gasteiger partial charge in [-0.05, 0) is 36.2 Å². The van der Waals surface area contributed by atoms with Gasteiger partial charge in [0.05, 0.1) is 7.11 Å². The Bertz CT molecular complexity index is 603. The van der Waals surface area contributed by atoms with Gasteiger partial charge >= 0.3 is 0 Å². The van der Waals surface area contributed by atoms with E-state index in [1.807, 2.05) is 67.5 Å². The molecule has 0 radical (unpaired) electrons. The molecule has 2 aromatic carbocycles. The Morgan fingerprint density at radius 1 is 1.10 bits per heavy atom. The number of hydrogen-bond acceptors (Lipinski definition) is 3. The summed E-state index contributed by atoms with van der Waals surface area (Å²) < 4.78 is 5.13. The summed E-state index contributed by atoms with van der Waals surface area (Å²) in [5, 5.41) is 0. The number of Topliss-reactive ketones (excluding diaryl/α,β-unsaturated/α-hetero) is 1. The molecule has 0 aromatic heterocycles. The largest absolute Gasteiger partial charge is 0.497 e. The zero-order valence-electron chi connectivity index (χ0n) is 12.8. The van der Waals surface area contributed by atoms with Crippen molar-refractivity contribution in [2.75, 3.05) is 26.1 Å². The van der Waals surface area contributed by atoms with Crippen LogP contribution in [0.15, 0.2) is 48.5 Å². The molecule has 2 aromatic rings. The summed E-state index contributed by atoms with van der Waals surface area (Å²) in [5.74, 6) is 1.01. The van der Waals surface area contributed by atoms with Crippen LogP contribution >= 0.6 is 0 Å². The van der Waals surface area contributed by atoms with E-state index in [4.69, 9.17) is 4.74 Å². The summed E-state index contributed by atoms with van der Waals surface area (Å²) in [4.78, 5) is 14.3.